The fourth-order valence-electron chi connectivity index (χ4n) is 4.60. The zero-order valence-corrected chi connectivity index (χ0v) is 26.6. The number of aromatic nitrogens is 4. The minimum atomic E-state index is -1.29. The molecular formula is C30H54N4O7. The Kier molecular flexibility index (Phi) is 15.3. The van der Waals surface area contributed by atoms with E-state index >= 15 is 0 Å². The Morgan fingerprint density at radius 3 is 2.34 bits per heavy atom. The van der Waals surface area contributed by atoms with Crippen LogP contribution < -0.4 is 0 Å². The minimum Gasteiger partial charge on any atom is -0.458 e. The van der Waals surface area contributed by atoms with Gasteiger partial charge in [-0.2, -0.15) is 0 Å². The maximum atomic E-state index is 13.3. The summed E-state index contributed by atoms with van der Waals surface area (Å²) in [7, 11) is 0. The van der Waals surface area contributed by atoms with E-state index in [-0.39, 0.29) is 24.9 Å². The number of aliphatic hydroxyl groups excluding tert-OH is 2. The van der Waals surface area contributed by atoms with Gasteiger partial charge in [0.2, 0.25) is 0 Å². The van der Waals surface area contributed by atoms with E-state index in [2.05, 4.69) is 22.3 Å². The van der Waals surface area contributed by atoms with Crippen molar-refractivity contribution in [2.45, 2.75) is 138 Å². The normalized spacial score (nSPS) is 16.6. The molecule has 0 aliphatic carbocycles. The highest BCUT2D eigenvalue weighted by molar-refractivity contribution is 5.88. The van der Waals surface area contributed by atoms with Gasteiger partial charge in [0.15, 0.2) is 12.6 Å². The maximum Gasteiger partial charge on any atom is 0.309 e. The van der Waals surface area contributed by atoms with Crippen LogP contribution in [0.4, 0.5) is 0 Å². The molecule has 0 saturated heterocycles. The molecule has 0 aromatic carbocycles. The Morgan fingerprint density at radius 2 is 1.76 bits per heavy atom. The molecular weight excluding hydrogens is 528 g/mol. The number of Topliss-reactive ketones (excluding diaryl/α,β-unsaturated/α-hetero) is 1. The molecule has 11 nitrogen and oxygen atoms in total. The van der Waals surface area contributed by atoms with E-state index in [0.717, 1.165) is 19.3 Å². The molecule has 3 N–H and O–H groups in total. The first-order valence-electron chi connectivity index (χ1n) is 14.9. The number of carbonyl (C=O) groups excluding carboxylic acids is 2. The molecule has 0 radical (unpaired) electrons. The lowest BCUT2D eigenvalue weighted by molar-refractivity contribution is -0.154. The van der Waals surface area contributed by atoms with Gasteiger partial charge in [-0.15, -0.1) is 15.0 Å². The average Bonchev–Trinajstić information content (AvgIpc) is 3.34. The molecule has 0 fully saturated rings. The van der Waals surface area contributed by atoms with Crippen LogP contribution in [0.1, 0.15) is 113 Å². The van der Waals surface area contributed by atoms with Gasteiger partial charge in [-0.1, -0.05) is 54.4 Å². The number of ether oxygens (including phenoxy) is 2. The summed E-state index contributed by atoms with van der Waals surface area (Å²) in [6, 6.07) is 0. The molecule has 0 aliphatic heterocycles. The first kappa shape index (κ1) is 36.8. The maximum absolute atomic E-state index is 13.3. The number of carbonyl (C=O) groups is 2. The molecule has 1 aromatic heterocycles. The summed E-state index contributed by atoms with van der Waals surface area (Å²) < 4.78 is 11.1. The third-order valence-corrected chi connectivity index (χ3v) is 7.61. The van der Waals surface area contributed by atoms with Gasteiger partial charge in [-0.05, 0) is 69.2 Å². The lowest BCUT2D eigenvalue weighted by Crippen LogP contribution is -2.45. The summed E-state index contributed by atoms with van der Waals surface area (Å²) in [5, 5.41) is 43.9. The Balaban J connectivity index is 2.73. The second-order valence-electron chi connectivity index (χ2n) is 12.5. The second-order valence-corrected chi connectivity index (χ2v) is 12.5. The van der Waals surface area contributed by atoms with Crippen molar-refractivity contribution < 1.29 is 34.4 Å². The van der Waals surface area contributed by atoms with Crippen molar-refractivity contribution >= 4 is 17.8 Å². The van der Waals surface area contributed by atoms with Crippen LogP contribution in [0.15, 0.2) is 5.57 Å². The predicted molar refractivity (Wildman–Crippen MR) is 156 cm³/mol. The highest BCUT2D eigenvalue weighted by Gasteiger charge is 2.42. The fraction of sp³-hybridized carbons (Fsp3) is 0.833. The van der Waals surface area contributed by atoms with E-state index in [1.807, 2.05) is 13.8 Å². The van der Waals surface area contributed by atoms with Crippen molar-refractivity contribution in [1.82, 2.24) is 20.2 Å². The van der Waals surface area contributed by atoms with Gasteiger partial charge < -0.3 is 24.8 Å². The van der Waals surface area contributed by atoms with E-state index < -0.39 is 41.2 Å². The Morgan fingerprint density at radius 1 is 1.10 bits per heavy atom. The van der Waals surface area contributed by atoms with Gasteiger partial charge in [0.25, 0.3) is 0 Å². The van der Waals surface area contributed by atoms with Crippen molar-refractivity contribution in [2.75, 3.05) is 6.61 Å². The third-order valence-electron chi connectivity index (χ3n) is 7.61. The number of hydrogen-bond acceptors (Lipinski definition) is 10. The highest BCUT2D eigenvalue weighted by Crippen LogP contribution is 2.32. The molecule has 1 rings (SSSR count). The summed E-state index contributed by atoms with van der Waals surface area (Å²) in [6.45, 7) is 16.7. The van der Waals surface area contributed by atoms with Crippen LogP contribution in [0, 0.1) is 17.3 Å². The molecule has 1 heterocycles. The first-order valence-corrected chi connectivity index (χ1v) is 14.9. The van der Waals surface area contributed by atoms with Crippen LogP contribution in [0.25, 0.3) is 6.08 Å². The molecule has 0 amide bonds. The van der Waals surface area contributed by atoms with Crippen LogP contribution >= 0.6 is 0 Å². The fourth-order valence-corrected chi connectivity index (χ4v) is 4.60. The minimum absolute atomic E-state index is 0.168. The van der Waals surface area contributed by atoms with Crippen molar-refractivity contribution in [1.29, 1.82) is 0 Å². The Labute approximate surface area is 245 Å². The standard InChI is InChI=1S/C30H54N4O7/c1-10-12-16-40-19-34-32-25(31-33-34)17-21(4)23(11-2)41-26(36)18-24(35)30(8,9)28(38)22(5)27(37)20(3)14-13-15-29(6,7)39/h17,20,22-24,27,35,37,39H,10-16,18-19H2,1-9H3/b21-17+/t20-,22+,23-,24-,27-/m0/s1. The van der Waals surface area contributed by atoms with Gasteiger partial charge in [0.05, 0.1) is 29.6 Å². The van der Waals surface area contributed by atoms with Crippen molar-refractivity contribution in [3.63, 3.8) is 0 Å². The van der Waals surface area contributed by atoms with Crippen LogP contribution in [0.2, 0.25) is 0 Å². The summed E-state index contributed by atoms with van der Waals surface area (Å²) in [4.78, 5) is 27.4. The van der Waals surface area contributed by atoms with E-state index in [9.17, 15) is 24.9 Å². The van der Waals surface area contributed by atoms with Gasteiger partial charge in [-0.25, -0.2) is 0 Å². The first-order chi connectivity index (χ1) is 19.0. The predicted octanol–water partition coefficient (Wildman–Crippen LogP) is 4.09. The van der Waals surface area contributed by atoms with Crippen LogP contribution in [-0.2, 0) is 25.8 Å². The highest BCUT2D eigenvalue weighted by atomic mass is 16.5. The van der Waals surface area contributed by atoms with E-state index in [1.165, 1.54) is 4.80 Å². The van der Waals surface area contributed by atoms with E-state index in [1.54, 1.807) is 47.6 Å². The molecule has 0 unspecified atom stereocenters. The van der Waals surface area contributed by atoms with Gasteiger partial charge in [-0.3, -0.25) is 9.59 Å². The summed E-state index contributed by atoms with van der Waals surface area (Å²) >= 11 is 0. The van der Waals surface area contributed by atoms with Gasteiger partial charge in [0.1, 0.15) is 11.9 Å². The van der Waals surface area contributed by atoms with Gasteiger partial charge >= 0.3 is 5.97 Å². The van der Waals surface area contributed by atoms with Crippen molar-refractivity contribution in [3.8, 4) is 0 Å². The number of unbranched alkanes of at least 4 members (excludes halogenated alkanes) is 1. The van der Waals surface area contributed by atoms with E-state index in [4.69, 9.17) is 9.47 Å². The Bertz CT molecular complexity index is 970. The smallest absolute Gasteiger partial charge is 0.309 e. The van der Waals surface area contributed by atoms with Crippen molar-refractivity contribution in [3.05, 3.63) is 11.4 Å². The zero-order valence-electron chi connectivity index (χ0n) is 26.6. The largest absolute Gasteiger partial charge is 0.458 e. The average molecular weight is 583 g/mol. The molecule has 5 atom stereocenters. The number of rotatable bonds is 20. The number of tetrazole rings is 1. The second kappa shape index (κ2) is 17.0. The van der Waals surface area contributed by atoms with E-state index in [0.29, 0.717) is 37.3 Å². The van der Waals surface area contributed by atoms with Crippen molar-refractivity contribution in [2.24, 2.45) is 17.3 Å². The van der Waals surface area contributed by atoms with Crippen LogP contribution in [0.5, 0.6) is 0 Å². The third kappa shape index (κ3) is 12.7. The number of aliphatic hydroxyl groups is 3. The summed E-state index contributed by atoms with van der Waals surface area (Å²) in [5.41, 5.74) is -1.34. The molecule has 0 spiro atoms. The monoisotopic (exact) mass is 582 g/mol. The lowest BCUT2D eigenvalue weighted by atomic mass is 9.73. The molecule has 0 aliphatic rings. The quantitative estimate of drug-likeness (QED) is 0.151. The molecule has 0 bridgehead atoms. The lowest BCUT2D eigenvalue weighted by Gasteiger charge is -2.34. The molecule has 0 saturated carbocycles. The molecule has 41 heavy (non-hydrogen) atoms. The van der Waals surface area contributed by atoms with Gasteiger partial charge in [0, 0.05) is 12.5 Å². The zero-order chi connectivity index (χ0) is 31.4. The number of nitrogens with zero attached hydrogens (tertiary/aromatic N) is 4. The number of ketones is 1. The van der Waals surface area contributed by atoms with Crippen LogP contribution in [-0.4, -0.2) is 77.8 Å². The molecule has 236 valence electrons. The Hall–Kier alpha value is -2.21. The SMILES string of the molecule is CCCCOCn1nnc(/C=C(\C)[C@H](CC)OC(=O)C[C@H](O)C(C)(C)C(=O)[C@H](C)[C@@H](O)[C@@H](C)CCCC(C)(C)O)n1. The number of hydrogen-bond donors (Lipinski definition) is 3. The topological polar surface area (TPSA) is 157 Å². The molecule has 11 heteroatoms. The number of esters is 1. The van der Waals surface area contributed by atoms with Crippen LogP contribution in [0.3, 0.4) is 0 Å². The molecule has 1 aromatic rings. The summed E-state index contributed by atoms with van der Waals surface area (Å²) in [5.74, 6) is -1.49. The summed E-state index contributed by atoms with van der Waals surface area (Å²) in [6.07, 6.45) is 3.01.